The molecule has 0 aliphatic heterocycles. The lowest BCUT2D eigenvalue weighted by Crippen LogP contribution is -2.49. The van der Waals surface area contributed by atoms with Gasteiger partial charge in [-0.1, -0.05) is 0 Å². The summed E-state index contributed by atoms with van der Waals surface area (Å²) in [5.74, 6) is -0.695. The number of urea groups is 1. The monoisotopic (exact) mass is 346 g/mol. The zero-order chi connectivity index (χ0) is 15.3. The molecule has 0 heterocycles. The van der Waals surface area contributed by atoms with Crippen molar-refractivity contribution in [1.29, 1.82) is 0 Å². The van der Waals surface area contributed by atoms with Gasteiger partial charge in [0.1, 0.15) is 11.6 Å². The number of nitrogens with one attached hydrogen (secondary N) is 2. The molecule has 0 aromatic heterocycles. The molecular formula is C13H16BrFN2O3. The van der Waals surface area contributed by atoms with Crippen LogP contribution >= 0.6 is 15.9 Å². The fourth-order valence-electron chi connectivity index (χ4n) is 1.27. The summed E-state index contributed by atoms with van der Waals surface area (Å²) in [5.41, 5.74) is -0.439. The molecule has 5 nitrogen and oxygen atoms in total. The highest BCUT2D eigenvalue weighted by molar-refractivity contribution is 9.10. The Kier molecular flexibility index (Phi) is 5.50. The van der Waals surface area contributed by atoms with E-state index in [9.17, 15) is 14.0 Å². The lowest BCUT2D eigenvalue weighted by Gasteiger charge is -2.20. The molecule has 0 saturated carbocycles. The van der Waals surface area contributed by atoms with Crippen LogP contribution in [0.1, 0.15) is 20.8 Å². The van der Waals surface area contributed by atoms with E-state index in [1.807, 2.05) is 0 Å². The van der Waals surface area contributed by atoms with Crippen molar-refractivity contribution in [3.63, 3.8) is 0 Å². The quantitative estimate of drug-likeness (QED) is 0.883. The molecule has 0 fully saturated rings. The summed E-state index contributed by atoms with van der Waals surface area (Å²) in [7, 11) is 0. The third kappa shape index (κ3) is 6.01. The molecule has 0 unspecified atom stereocenters. The zero-order valence-electron chi connectivity index (χ0n) is 11.4. The fourth-order valence-corrected chi connectivity index (χ4v) is 1.74. The van der Waals surface area contributed by atoms with Gasteiger partial charge in [-0.25, -0.2) is 9.18 Å². The van der Waals surface area contributed by atoms with Gasteiger partial charge in [0.25, 0.3) is 5.91 Å². The van der Waals surface area contributed by atoms with E-state index in [0.717, 1.165) is 0 Å². The largest absolute Gasteiger partial charge is 0.483 e. The molecular weight excluding hydrogens is 331 g/mol. The second-order valence-electron chi connectivity index (χ2n) is 5.12. The maximum absolute atomic E-state index is 12.9. The smallest absolute Gasteiger partial charge is 0.321 e. The standard InChI is InChI=1S/C13H16BrFN2O3/c1-13(2,3)17-12(19)16-11(18)7-20-10-5-4-8(15)6-9(10)14/h4-6H,7H2,1-3H3,(H2,16,17,18,19). The van der Waals surface area contributed by atoms with E-state index in [2.05, 4.69) is 26.6 Å². The summed E-state index contributed by atoms with van der Waals surface area (Å²) in [6.07, 6.45) is 0. The van der Waals surface area contributed by atoms with Crippen LogP contribution in [-0.2, 0) is 4.79 Å². The average molecular weight is 347 g/mol. The molecule has 7 heteroatoms. The van der Waals surface area contributed by atoms with Gasteiger partial charge in [0.15, 0.2) is 6.61 Å². The first-order valence-corrected chi connectivity index (χ1v) is 6.66. The van der Waals surface area contributed by atoms with Gasteiger partial charge in [-0.05, 0) is 54.9 Å². The SMILES string of the molecule is CC(C)(C)NC(=O)NC(=O)COc1ccc(F)cc1Br. The Labute approximate surface area is 125 Å². The van der Waals surface area contributed by atoms with Crippen molar-refractivity contribution in [3.8, 4) is 5.75 Å². The number of ether oxygens (including phenoxy) is 1. The highest BCUT2D eigenvalue weighted by atomic mass is 79.9. The van der Waals surface area contributed by atoms with Crippen LogP contribution in [-0.4, -0.2) is 24.1 Å². The first-order valence-electron chi connectivity index (χ1n) is 5.87. The van der Waals surface area contributed by atoms with Crippen LogP contribution in [0.4, 0.5) is 9.18 Å². The van der Waals surface area contributed by atoms with Crippen molar-refractivity contribution < 1.29 is 18.7 Å². The van der Waals surface area contributed by atoms with Crippen LogP contribution in [0.5, 0.6) is 5.75 Å². The summed E-state index contributed by atoms with van der Waals surface area (Å²) in [5, 5.41) is 4.72. The van der Waals surface area contributed by atoms with Crippen LogP contribution in [0.2, 0.25) is 0 Å². The number of hydrogen-bond donors (Lipinski definition) is 2. The van der Waals surface area contributed by atoms with Crippen LogP contribution in [0, 0.1) is 5.82 Å². The van der Waals surface area contributed by atoms with E-state index in [1.54, 1.807) is 20.8 Å². The molecule has 0 spiro atoms. The lowest BCUT2D eigenvalue weighted by atomic mass is 10.1. The number of amides is 3. The van der Waals surface area contributed by atoms with Gasteiger partial charge in [-0.2, -0.15) is 0 Å². The van der Waals surface area contributed by atoms with Gasteiger partial charge in [-0.15, -0.1) is 0 Å². The summed E-state index contributed by atoms with van der Waals surface area (Å²) in [4.78, 5) is 22.9. The van der Waals surface area contributed by atoms with Gasteiger partial charge in [0.2, 0.25) is 0 Å². The topological polar surface area (TPSA) is 67.4 Å². The number of rotatable bonds is 3. The summed E-state index contributed by atoms with van der Waals surface area (Å²) >= 11 is 3.11. The lowest BCUT2D eigenvalue weighted by molar-refractivity contribution is -0.122. The molecule has 1 aromatic rings. The van der Waals surface area contributed by atoms with E-state index in [0.29, 0.717) is 10.2 Å². The molecule has 1 aromatic carbocycles. The molecule has 2 N–H and O–H groups in total. The average Bonchev–Trinajstić information content (AvgIpc) is 2.24. The molecule has 0 aliphatic carbocycles. The Bertz CT molecular complexity index is 515. The van der Waals surface area contributed by atoms with Gasteiger partial charge in [0, 0.05) is 5.54 Å². The van der Waals surface area contributed by atoms with Gasteiger partial charge < -0.3 is 10.1 Å². The first-order chi connectivity index (χ1) is 9.17. The molecule has 110 valence electrons. The fraction of sp³-hybridized carbons (Fsp3) is 0.385. The molecule has 0 bridgehead atoms. The summed E-state index contributed by atoms with van der Waals surface area (Å²) in [6.45, 7) is 5.04. The highest BCUT2D eigenvalue weighted by Gasteiger charge is 2.16. The Balaban J connectivity index is 2.46. The predicted molar refractivity (Wildman–Crippen MR) is 76.0 cm³/mol. The highest BCUT2D eigenvalue weighted by Crippen LogP contribution is 2.25. The Morgan fingerprint density at radius 1 is 1.35 bits per heavy atom. The van der Waals surface area contributed by atoms with Crippen molar-refractivity contribution >= 4 is 27.9 Å². The third-order valence-electron chi connectivity index (χ3n) is 1.99. The van der Waals surface area contributed by atoms with E-state index >= 15 is 0 Å². The van der Waals surface area contributed by atoms with E-state index < -0.39 is 23.3 Å². The Morgan fingerprint density at radius 3 is 2.55 bits per heavy atom. The minimum Gasteiger partial charge on any atom is -0.483 e. The van der Waals surface area contributed by atoms with Crippen molar-refractivity contribution in [2.24, 2.45) is 0 Å². The van der Waals surface area contributed by atoms with Crippen molar-refractivity contribution in [2.45, 2.75) is 26.3 Å². The Hall–Kier alpha value is -1.63. The molecule has 1 rings (SSSR count). The zero-order valence-corrected chi connectivity index (χ0v) is 13.0. The van der Waals surface area contributed by atoms with Crippen molar-refractivity contribution in [3.05, 3.63) is 28.5 Å². The maximum atomic E-state index is 12.9. The minimum atomic E-state index is -0.594. The van der Waals surface area contributed by atoms with Crippen molar-refractivity contribution in [2.75, 3.05) is 6.61 Å². The van der Waals surface area contributed by atoms with Crippen LogP contribution < -0.4 is 15.4 Å². The molecule has 20 heavy (non-hydrogen) atoms. The number of imide groups is 1. The summed E-state index contributed by atoms with van der Waals surface area (Å²) < 4.78 is 18.4. The number of hydrogen-bond acceptors (Lipinski definition) is 3. The molecule has 0 aliphatic rings. The minimum absolute atomic E-state index is 0.317. The predicted octanol–water partition coefficient (Wildman–Crippen LogP) is 2.59. The number of carbonyl (C=O) groups excluding carboxylic acids is 2. The number of benzene rings is 1. The third-order valence-corrected chi connectivity index (χ3v) is 2.61. The maximum Gasteiger partial charge on any atom is 0.321 e. The van der Waals surface area contributed by atoms with Crippen LogP contribution in [0.3, 0.4) is 0 Å². The van der Waals surface area contributed by atoms with Crippen LogP contribution in [0.25, 0.3) is 0 Å². The Morgan fingerprint density at radius 2 is 2.00 bits per heavy atom. The molecule has 3 amide bonds. The van der Waals surface area contributed by atoms with E-state index in [1.165, 1.54) is 18.2 Å². The van der Waals surface area contributed by atoms with E-state index in [-0.39, 0.29) is 6.61 Å². The first kappa shape index (κ1) is 16.4. The molecule has 0 saturated heterocycles. The molecule has 0 radical (unpaired) electrons. The second-order valence-corrected chi connectivity index (χ2v) is 5.97. The number of halogens is 2. The molecule has 0 atom stereocenters. The van der Waals surface area contributed by atoms with Gasteiger partial charge in [-0.3, -0.25) is 10.1 Å². The normalized spacial score (nSPS) is 10.8. The van der Waals surface area contributed by atoms with Gasteiger partial charge in [0.05, 0.1) is 4.47 Å². The van der Waals surface area contributed by atoms with Crippen molar-refractivity contribution in [1.82, 2.24) is 10.6 Å². The van der Waals surface area contributed by atoms with Crippen LogP contribution in [0.15, 0.2) is 22.7 Å². The van der Waals surface area contributed by atoms with E-state index in [4.69, 9.17) is 4.74 Å². The summed E-state index contributed by atoms with van der Waals surface area (Å²) in [6, 6.07) is 3.23. The van der Waals surface area contributed by atoms with Gasteiger partial charge >= 0.3 is 6.03 Å². The number of carbonyl (C=O) groups is 2. The second kappa shape index (κ2) is 6.69.